The number of benzene rings is 2. The Labute approximate surface area is 146 Å². The number of tetrazole rings is 1. The molecule has 0 radical (unpaired) electrons. The lowest BCUT2D eigenvalue weighted by molar-refractivity contribution is -0.115. The Morgan fingerprint density at radius 2 is 1.92 bits per heavy atom. The summed E-state index contributed by atoms with van der Waals surface area (Å²) < 4.78 is 27.8. The van der Waals surface area contributed by atoms with Gasteiger partial charge in [-0.25, -0.2) is 13.5 Å². The molecule has 6 nitrogen and oxygen atoms in total. The fraction of sp³-hybridized carbons (Fsp3) is 0.125. The van der Waals surface area contributed by atoms with Gasteiger partial charge in [0, 0.05) is 18.8 Å². The number of anilines is 1. The minimum absolute atomic E-state index is 0.168. The minimum Gasteiger partial charge on any atom is -0.325 e. The molecule has 1 aromatic heterocycles. The van der Waals surface area contributed by atoms with Crippen LogP contribution in [-0.2, 0) is 11.8 Å². The van der Waals surface area contributed by atoms with E-state index in [1.165, 1.54) is 10.7 Å². The molecule has 0 saturated carbocycles. The molecule has 25 heavy (non-hydrogen) atoms. The van der Waals surface area contributed by atoms with E-state index in [2.05, 4.69) is 20.8 Å². The van der Waals surface area contributed by atoms with E-state index in [9.17, 15) is 13.6 Å². The zero-order valence-corrected chi connectivity index (χ0v) is 13.9. The normalized spacial score (nSPS) is 12.0. The van der Waals surface area contributed by atoms with Crippen molar-refractivity contribution in [3.8, 4) is 0 Å². The van der Waals surface area contributed by atoms with E-state index < -0.39 is 22.8 Å². The quantitative estimate of drug-likeness (QED) is 0.708. The van der Waals surface area contributed by atoms with Crippen LogP contribution in [0.25, 0.3) is 0 Å². The standard InChI is InChI=1S/C16H13F2N5OS/c1-23-16(20-21-22-23)25-14(10-5-3-2-4-6-10)15(24)19-11-7-8-12(17)13(18)9-11/h2-9,14H,1H3,(H,19,24)/t14-/m0/s1. The number of hydrogen-bond donors (Lipinski definition) is 1. The van der Waals surface area contributed by atoms with Crippen molar-refractivity contribution in [3.63, 3.8) is 0 Å². The second kappa shape index (κ2) is 7.39. The van der Waals surface area contributed by atoms with Crippen LogP contribution in [0.1, 0.15) is 10.8 Å². The molecule has 1 amide bonds. The second-order valence-corrected chi connectivity index (χ2v) is 6.18. The molecule has 3 aromatic rings. The van der Waals surface area contributed by atoms with Gasteiger partial charge >= 0.3 is 0 Å². The van der Waals surface area contributed by atoms with Gasteiger partial charge in [-0.1, -0.05) is 42.1 Å². The largest absolute Gasteiger partial charge is 0.325 e. The molecule has 1 N–H and O–H groups in total. The summed E-state index contributed by atoms with van der Waals surface area (Å²) in [7, 11) is 1.66. The number of halogens is 2. The average Bonchev–Trinajstić information content (AvgIpc) is 3.01. The molecule has 3 rings (SSSR count). The van der Waals surface area contributed by atoms with E-state index in [0.717, 1.165) is 29.5 Å². The first kappa shape index (κ1) is 17.0. The maximum atomic E-state index is 13.4. The van der Waals surface area contributed by atoms with E-state index in [1.807, 2.05) is 18.2 Å². The number of hydrogen-bond acceptors (Lipinski definition) is 5. The van der Waals surface area contributed by atoms with Crippen LogP contribution >= 0.6 is 11.8 Å². The van der Waals surface area contributed by atoms with Crippen LogP contribution in [0.2, 0.25) is 0 Å². The third-order valence-corrected chi connectivity index (χ3v) is 4.61. The van der Waals surface area contributed by atoms with Gasteiger partial charge in [0.05, 0.1) is 0 Å². The molecule has 0 aliphatic heterocycles. The first-order valence-electron chi connectivity index (χ1n) is 7.24. The van der Waals surface area contributed by atoms with E-state index >= 15 is 0 Å². The monoisotopic (exact) mass is 361 g/mol. The summed E-state index contributed by atoms with van der Waals surface area (Å²) in [4.78, 5) is 12.7. The highest BCUT2D eigenvalue weighted by Crippen LogP contribution is 2.34. The molecule has 1 atom stereocenters. The number of aryl methyl sites for hydroxylation is 1. The summed E-state index contributed by atoms with van der Waals surface area (Å²) in [5.41, 5.74) is 0.900. The number of amides is 1. The lowest BCUT2D eigenvalue weighted by Gasteiger charge is -2.16. The molecule has 2 aromatic carbocycles. The van der Waals surface area contributed by atoms with Crippen LogP contribution in [-0.4, -0.2) is 26.1 Å². The van der Waals surface area contributed by atoms with E-state index in [0.29, 0.717) is 5.16 Å². The van der Waals surface area contributed by atoms with Crippen molar-refractivity contribution in [2.24, 2.45) is 7.05 Å². The van der Waals surface area contributed by atoms with Gasteiger partial charge in [-0.15, -0.1) is 5.10 Å². The molecule has 128 valence electrons. The van der Waals surface area contributed by atoms with Gasteiger partial charge in [-0.2, -0.15) is 0 Å². The molecule has 0 unspecified atom stereocenters. The van der Waals surface area contributed by atoms with Crippen molar-refractivity contribution >= 4 is 23.4 Å². The number of aromatic nitrogens is 4. The summed E-state index contributed by atoms with van der Waals surface area (Å²) in [5.74, 6) is -2.40. The van der Waals surface area contributed by atoms with Crippen molar-refractivity contribution < 1.29 is 13.6 Å². The molecule has 0 bridgehead atoms. The van der Waals surface area contributed by atoms with Crippen molar-refractivity contribution in [2.75, 3.05) is 5.32 Å². The van der Waals surface area contributed by atoms with Crippen LogP contribution in [0, 0.1) is 11.6 Å². The first-order chi connectivity index (χ1) is 12.0. The molecule has 0 aliphatic carbocycles. The number of rotatable bonds is 5. The second-order valence-electron chi connectivity index (χ2n) is 5.11. The van der Waals surface area contributed by atoms with Crippen LogP contribution < -0.4 is 5.32 Å². The average molecular weight is 361 g/mol. The van der Waals surface area contributed by atoms with E-state index in [1.54, 1.807) is 19.2 Å². The van der Waals surface area contributed by atoms with Crippen molar-refractivity contribution in [1.82, 2.24) is 20.2 Å². The topological polar surface area (TPSA) is 72.7 Å². The van der Waals surface area contributed by atoms with Crippen molar-refractivity contribution in [3.05, 3.63) is 65.7 Å². The molecule has 0 spiro atoms. The highest BCUT2D eigenvalue weighted by molar-refractivity contribution is 8.00. The molecular weight excluding hydrogens is 348 g/mol. The summed E-state index contributed by atoms with van der Waals surface area (Å²) in [6, 6.07) is 12.2. The summed E-state index contributed by atoms with van der Waals surface area (Å²) in [6.45, 7) is 0. The fourth-order valence-corrected chi connectivity index (χ4v) is 3.05. The number of carbonyl (C=O) groups is 1. The third-order valence-electron chi connectivity index (χ3n) is 3.33. The molecule has 0 fully saturated rings. The van der Waals surface area contributed by atoms with Crippen LogP contribution in [0.4, 0.5) is 14.5 Å². The fourth-order valence-electron chi connectivity index (χ4n) is 2.11. The van der Waals surface area contributed by atoms with Gasteiger partial charge in [0.15, 0.2) is 11.6 Å². The number of thioether (sulfide) groups is 1. The zero-order valence-electron chi connectivity index (χ0n) is 13.1. The molecule has 0 aliphatic rings. The van der Waals surface area contributed by atoms with Gasteiger partial charge in [-0.3, -0.25) is 4.79 Å². The van der Waals surface area contributed by atoms with Crippen molar-refractivity contribution in [2.45, 2.75) is 10.4 Å². The van der Waals surface area contributed by atoms with E-state index in [4.69, 9.17) is 0 Å². The number of nitrogens with zero attached hydrogens (tertiary/aromatic N) is 4. The summed E-state index contributed by atoms with van der Waals surface area (Å²) >= 11 is 1.16. The molecule has 0 saturated heterocycles. The predicted molar refractivity (Wildman–Crippen MR) is 88.8 cm³/mol. The van der Waals surface area contributed by atoms with Gasteiger partial charge in [-0.05, 0) is 28.1 Å². The Kier molecular flexibility index (Phi) is 5.03. The highest BCUT2D eigenvalue weighted by atomic mass is 32.2. The van der Waals surface area contributed by atoms with Gasteiger partial charge in [0.1, 0.15) is 5.25 Å². The lowest BCUT2D eigenvalue weighted by atomic mass is 10.1. The van der Waals surface area contributed by atoms with Crippen LogP contribution in [0.15, 0.2) is 53.7 Å². The predicted octanol–water partition coefficient (Wildman–Crippen LogP) is 2.96. The Balaban J connectivity index is 1.86. The van der Waals surface area contributed by atoms with Gasteiger partial charge < -0.3 is 5.32 Å². The maximum Gasteiger partial charge on any atom is 0.242 e. The molecular formula is C16H13F2N5OS. The third kappa shape index (κ3) is 4.00. The molecule has 9 heteroatoms. The summed E-state index contributed by atoms with van der Waals surface area (Å²) in [5, 5.41) is 13.5. The first-order valence-corrected chi connectivity index (χ1v) is 8.12. The summed E-state index contributed by atoms with van der Waals surface area (Å²) in [6.07, 6.45) is 0. The van der Waals surface area contributed by atoms with Crippen LogP contribution in [0.5, 0.6) is 0 Å². The number of carbonyl (C=O) groups excluding carboxylic acids is 1. The Hall–Kier alpha value is -2.81. The SMILES string of the molecule is Cn1nnnc1S[C@H](C(=O)Nc1ccc(F)c(F)c1)c1ccccc1. The van der Waals surface area contributed by atoms with Gasteiger partial charge in [0.25, 0.3) is 0 Å². The van der Waals surface area contributed by atoms with Gasteiger partial charge in [0.2, 0.25) is 11.1 Å². The number of nitrogens with one attached hydrogen (secondary N) is 1. The minimum atomic E-state index is -1.03. The molecule has 1 heterocycles. The Bertz CT molecular complexity index is 887. The smallest absolute Gasteiger partial charge is 0.242 e. The Morgan fingerprint density at radius 1 is 1.16 bits per heavy atom. The van der Waals surface area contributed by atoms with E-state index in [-0.39, 0.29) is 5.69 Å². The Morgan fingerprint density at radius 3 is 2.56 bits per heavy atom. The lowest BCUT2D eigenvalue weighted by Crippen LogP contribution is -2.19. The highest BCUT2D eigenvalue weighted by Gasteiger charge is 2.24. The van der Waals surface area contributed by atoms with Crippen LogP contribution in [0.3, 0.4) is 0 Å². The maximum absolute atomic E-state index is 13.4. The van der Waals surface area contributed by atoms with Crippen molar-refractivity contribution in [1.29, 1.82) is 0 Å². The zero-order chi connectivity index (χ0) is 17.8.